The van der Waals surface area contributed by atoms with Crippen LogP contribution < -0.4 is 0 Å². The molecule has 0 aliphatic carbocycles. The van der Waals surface area contributed by atoms with Gasteiger partial charge in [0.15, 0.2) is 0 Å². The van der Waals surface area contributed by atoms with E-state index in [1.165, 1.54) is 0 Å². The number of hydrogen-bond donors (Lipinski definition) is 1. The fourth-order valence-electron chi connectivity index (χ4n) is 3.59. The van der Waals surface area contributed by atoms with Gasteiger partial charge in [0.2, 0.25) is 0 Å². The number of carboxylic acids is 1. The molecule has 1 fully saturated rings. The van der Waals surface area contributed by atoms with Crippen molar-refractivity contribution < 1.29 is 19.4 Å². The Morgan fingerprint density at radius 3 is 2.39 bits per heavy atom. The molecule has 6 heteroatoms. The van der Waals surface area contributed by atoms with Gasteiger partial charge in [-0.25, -0.2) is 4.79 Å². The maximum Gasteiger partial charge on any atom is 0.410 e. The normalized spacial score (nSPS) is 17.2. The molecule has 0 spiro atoms. The molecule has 3 rings (SSSR count). The van der Waals surface area contributed by atoms with E-state index in [4.69, 9.17) is 4.74 Å². The van der Waals surface area contributed by atoms with Crippen molar-refractivity contribution >= 4 is 22.8 Å². The Morgan fingerprint density at radius 1 is 1.00 bits per heavy atom. The van der Waals surface area contributed by atoms with Crippen molar-refractivity contribution in [3.8, 4) is 0 Å². The van der Waals surface area contributed by atoms with Crippen LogP contribution in [0.5, 0.6) is 0 Å². The lowest BCUT2D eigenvalue weighted by atomic mass is 10.0. The first-order valence-corrected chi connectivity index (χ1v) is 9.68. The van der Waals surface area contributed by atoms with E-state index in [1.807, 2.05) is 68.1 Å². The number of carbonyl (C=O) groups is 2. The minimum atomic E-state index is -0.874. The van der Waals surface area contributed by atoms with Gasteiger partial charge in [0.05, 0.1) is 0 Å². The zero-order valence-electron chi connectivity index (χ0n) is 16.7. The van der Waals surface area contributed by atoms with Crippen LogP contribution in [0.25, 0.3) is 10.8 Å². The number of nitrogens with zero attached hydrogens (tertiary/aromatic N) is 2. The molecule has 1 amide bonds. The number of carboxylic acid groups (broad SMARTS) is 1. The van der Waals surface area contributed by atoms with Crippen LogP contribution in [-0.4, -0.2) is 58.7 Å². The van der Waals surface area contributed by atoms with Crippen LogP contribution in [0, 0.1) is 0 Å². The first-order valence-electron chi connectivity index (χ1n) is 9.68. The van der Waals surface area contributed by atoms with Gasteiger partial charge in [-0.2, -0.15) is 0 Å². The number of fused-ring (bicyclic) bond motifs is 1. The summed E-state index contributed by atoms with van der Waals surface area (Å²) in [6.45, 7) is 7.65. The van der Waals surface area contributed by atoms with E-state index < -0.39 is 17.6 Å². The second-order valence-electron chi connectivity index (χ2n) is 8.20. The Labute approximate surface area is 165 Å². The molecule has 28 heavy (non-hydrogen) atoms. The number of aliphatic carboxylic acids is 1. The maximum absolute atomic E-state index is 12.4. The van der Waals surface area contributed by atoms with Crippen molar-refractivity contribution in [2.24, 2.45) is 0 Å². The third-order valence-corrected chi connectivity index (χ3v) is 4.87. The molecule has 2 aromatic carbocycles. The Kier molecular flexibility index (Phi) is 5.89. The van der Waals surface area contributed by atoms with Gasteiger partial charge in [0, 0.05) is 26.2 Å². The van der Waals surface area contributed by atoms with Gasteiger partial charge in [-0.05, 0) is 49.6 Å². The molecule has 1 N–H and O–H groups in total. The molecule has 0 radical (unpaired) electrons. The highest BCUT2D eigenvalue weighted by molar-refractivity contribution is 5.85. The average Bonchev–Trinajstić information content (AvgIpc) is 2.86. The molecule has 0 unspecified atom stereocenters. The van der Waals surface area contributed by atoms with Crippen LogP contribution in [-0.2, 0) is 9.53 Å². The van der Waals surface area contributed by atoms with Crippen LogP contribution in [0.2, 0.25) is 0 Å². The fraction of sp³-hybridized carbons (Fsp3) is 0.455. The van der Waals surface area contributed by atoms with Gasteiger partial charge < -0.3 is 14.7 Å². The highest BCUT2D eigenvalue weighted by atomic mass is 16.6. The Balaban J connectivity index is 1.77. The predicted molar refractivity (Wildman–Crippen MR) is 108 cm³/mol. The number of carbonyl (C=O) groups excluding carboxylic acids is 1. The van der Waals surface area contributed by atoms with E-state index in [1.54, 1.807) is 4.90 Å². The summed E-state index contributed by atoms with van der Waals surface area (Å²) in [5.41, 5.74) is 0.217. The molecule has 1 saturated heterocycles. The molecule has 150 valence electrons. The fourth-order valence-corrected chi connectivity index (χ4v) is 3.59. The summed E-state index contributed by atoms with van der Waals surface area (Å²) in [5.74, 6) is -0.874. The minimum absolute atomic E-state index is 0.341. The number of benzene rings is 2. The lowest BCUT2D eigenvalue weighted by Crippen LogP contribution is -2.40. The van der Waals surface area contributed by atoms with E-state index in [2.05, 4.69) is 0 Å². The Morgan fingerprint density at radius 2 is 1.71 bits per heavy atom. The van der Waals surface area contributed by atoms with Gasteiger partial charge in [0.25, 0.3) is 0 Å². The number of ether oxygens (including phenoxy) is 1. The van der Waals surface area contributed by atoms with Crippen LogP contribution in [0.3, 0.4) is 0 Å². The zero-order chi connectivity index (χ0) is 20.3. The van der Waals surface area contributed by atoms with E-state index in [0.29, 0.717) is 32.6 Å². The van der Waals surface area contributed by atoms with Crippen LogP contribution in [0.4, 0.5) is 4.79 Å². The van der Waals surface area contributed by atoms with Crippen molar-refractivity contribution in [2.75, 3.05) is 26.2 Å². The van der Waals surface area contributed by atoms with E-state index >= 15 is 0 Å². The van der Waals surface area contributed by atoms with Crippen LogP contribution >= 0.6 is 0 Å². The molecule has 1 heterocycles. The number of rotatable bonds is 3. The Hall–Kier alpha value is -2.60. The van der Waals surface area contributed by atoms with Crippen molar-refractivity contribution in [2.45, 2.75) is 38.8 Å². The van der Waals surface area contributed by atoms with E-state index in [0.717, 1.165) is 16.3 Å². The molecule has 1 aliphatic heterocycles. The molecule has 0 aromatic heterocycles. The molecular formula is C22H28N2O4. The summed E-state index contributed by atoms with van der Waals surface area (Å²) in [5, 5.41) is 12.0. The summed E-state index contributed by atoms with van der Waals surface area (Å²) in [4.78, 5) is 28.1. The highest BCUT2D eigenvalue weighted by Crippen LogP contribution is 2.26. The first kappa shape index (κ1) is 20.1. The van der Waals surface area contributed by atoms with E-state index in [-0.39, 0.29) is 6.09 Å². The van der Waals surface area contributed by atoms with Gasteiger partial charge >= 0.3 is 12.1 Å². The van der Waals surface area contributed by atoms with Crippen molar-refractivity contribution in [3.05, 3.63) is 48.0 Å². The maximum atomic E-state index is 12.4. The highest BCUT2D eigenvalue weighted by Gasteiger charge is 2.31. The molecule has 0 bridgehead atoms. The van der Waals surface area contributed by atoms with Gasteiger partial charge in [-0.1, -0.05) is 36.4 Å². The zero-order valence-corrected chi connectivity index (χ0v) is 16.7. The SMILES string of the molecule is CC(C)(C)OC(=O)N1CCCN([C@@H](C(=O)O)c2ccc3ccccc3c2)CC1. The molecule has 2 aromatic rings. The third-order valence-electron chi connectivity index (χ3n) is 4.87. The second-order valence-corrected chi connectivity index (χ2v) is 8.20. The monoisotopic (exact) mass is 384 g/mol. The second kappa shape index (κ2) is 8.19. The molecule has 0 saturated carbocycles. The summed E-state index contributed by atoms with van der Waals surface area (Å²) >= 11 is 0. The molecular weight excluding hydrogens is 356 g/mol. The lowest BCUT2D eigenvalue weighted by molar-refractivity contribution is -0.143. The lowest BCUT2D eigenvalue weighted by Gasteiger charge is -2.29. The smallest absolute Gasteiger partial charge is 0.410 e. The average molecular weight is 384 g/mol. The number of amides is 1. The minimum Gasteiger partial charge on any atom is -0.480 e. The first-order chi connectivity index (χ1) is 13.2. The van der Waals surface area contributed by atoms with Gasteiger partial charge in [-0.3, -0.25) is 9.69 Å². The third kappa shape index (κ3) is 4.81. The summed E-state index contributed by atoms with van der Waals surface area (Å²) in [6.07, 6.45) is 0.364. The summed E-state index contributed by atoms with van der Waals surface area (Å²) in [7, 11) is 0. The predicted octanol–water partition coefficient (Wildman–Crippen LogP) is 3.91. The van der Waals surface area contributed by atoms with Crippen molar-refractivity contribution in [3.63, 3.8) is 0 Å². The van der Waals surface area contributed by atoms with Gasteiger partial charge in [0.1, 0.15) is 11.6 Å². The summed E-state index contributed by atoms with van der Waals surface area (Å²) in [6, 6.07) is 13.0. The molecule has 6 nitrogen and oxygen atoms in total. The van der Waals surface area contributed by atoms with Crippen LogP contribution in [0.1, 0.15) is 38.8 Å². The van der Waals surface area contributed by atoms with E-state index in [9.17, 15) is 14.7 Å². The quantitative estimate of drug-likeness (QED) is 0.869. The molecule has 1 aliphatic rings. The largest absolute Gasteiger partial charge is 0.480 e. The summed E-state index contributed by atoms with van der Waals surface area (Å²) < 4.78 is 5.46. The van der Waals surface area contributed by atoms with Gasteiger partial charge in [-0.15, -0.1) is 0 Å². The Bertz CT molecular complexity index is 859. The van der Waals surface area contributed by atoms with Crippen LogP contribution in [0.15, 0.2) is 42.5 Å². The standard InChI is InChI=1S/C22H28N2O4/c1-22(2,3)28-21(27)24-12-6-11-23(13-14-24)19(20(25)26)18-10-9-16-7-4-5-8-17(16)15-18/h4-5,7-10,15,19H,6,11-14H2,1-3H3,(H,25,26)/t19-/m1/s1. The molecule has 1 atom stereocenters. The topological polar surface area (TPSA) is 70.1 Å². The number of hydrogen-bond acceptors (Lipinski definition) is 4. The van der Waals surface area contributed by atoms with Crippen molar-refractivity contribution in [1.82, 2.24) is 9.80 Å². The van der Waals surface area contributed by atoms with Crippen molar-refractivity contribution in [1.29, 1.82) is 0 Å².